The van der Waals surface area contributed by atoms with Crippen LogP contribution in [0.5, 0.6) is 0 Å². The molecule has 1 amide bonds. The van der Waals surface area contributed by atoms with Crippen LogP contribution in [0.3, 0.4) is 0 Å². The quantitative estimate of drug-likeness (QED) is 0.319. The molecule has 0 atom stereocenters. The Hall–Kier alpha value is -3.66. The largest absolute Gasteiger partial charge is 0.472 e. The third-order valence-electron chi connectivity index (χ3n) is 5.81. The van der Waals surface area contributed by atoms with Gasteiger partial charge in [0, 0.05) is 36.1 Å². The Labute approximate surface area is 201 Å². The molecule has 0 aromatic carbocycles. The average Bonchev–Trinajstić information content (AvgIpc) is 3.48. The standard InChI is InChI=1S/C24H17ClF4N4O2/c1-13-2-3-18(26)19(30-13)14-4-7-32(8-5-14)23(34)20-21(25)33-11-16(15-6-9-35-12-15)10-17(22(33)31-20)24(27,28)29/h2-4,6,9-12H,5,7-8H2,1H3. The lowest BCUT2D eigenvalue weighted by atomic mass is 10.0. The van der Waals surface area contributed by atoms with Gasteiger partial charge in [0.05, 0.1) is 18.1 Å². The Bertz CT molecular complexity index is 1480. The molecule has 0 unspecified atom stereocenters. The van der Waals surface area contributed by atoms with Crippen LogP contribution >= 0.6 is 11.6 Å². The van der Waals surface area contributed by atoms with Crippen molar-refractivity contribution in [1.82, 2.24) is 19.3 Å². The third kappa shape index (κ3) is 4.18. The predicted molar refractivity (Wildman–Crippen MR) is 120 cm³/mol. The molecule has 0 fully saturated rings. The molecule has 4 aromatic heterocycles. The lowest BCUT2D eigenvalue weighted by molar-refractivity contribution is -0.136. The second-order valence-electron chi connectivity index (χ2n) is 8.11. The van der Waals surface area contributed by atoms with Crippen LogP contribution in [0.4, 0.5) is 17.6 Å². The van der Waals surface area contributed by atoms with Crippen molar-refractivity contribution in [2.24, 2.45) is 0 Å². The van der Waals surface area contributed by atoms with Crippen molar-refractivity contribution in [2.75, 3.05) is 13.1 Å². The van der Waals surface area contributed by atoms with E-state index in [1.165, 1.54) is 35.8 Å². The lowest BCUT2D eigenvalue weighted by Gasteiger charge is -2.26. The first-order valence-electron chi connectivity index (χ1n) is 10.6. The maximum atomic E-state index is 14.2. The van der Waals surface area contributed by atoms with Gasteiger partial charge in [-0.05, 0) is 43.2 Å². The number of aryl methyl sites for hydroxylation is 1. The number of carbonyl (C=O) groups is 1. The molecule has 0 spiro atoms. The molecule has 5 rings (SSSR count). The van der Waals surface area contributed by atoms with Crippen LogP contribution in [0.1, 0.15) is 33.9 Å². The molecule has 0 saturated carbocycles. The fourth-order valence-corrected chi connectivity index (χ4v) is 4.28. The molecule has 1 aliphatic heterocycles. The molecule has 0 N–H and O–H groups in total. The zero-order chi connectivity index (χ0) is 24.9. The smallest absolute Gasteiger partial charge is 0.420 e. The number of amides is 1. The summed E-state index contributed by atoms with van der Waals surface area (Å²) in [5.41, 5.74) is 0.364. The van der Waals surface area contributed by atoms with E-state index >= 15 is 0 Å². The molecule has 180 valence electrons. The number of carbonyl (C=O) groups excluding carboxylic acids is 1. The number of furan rings is 1. The van der Waals surface area contributed by atoms with Crippen LogP contribution in [0.15, 0.2) is 53.5 Å². The van der Waals surface area contributed by atoms with Gasteiger partial charge in [0.25, 0.3) is 5.91 Å². The van der Waals surface area contributed by atoms with E-state index in [1.54, 1.807) is 19.1 Å². The van der Waals surface area contributed by atoms with Crippen LogP contribution in [0.2, 0.25) is 5.15 Å². The zero-order valence-corrected chi connectivity index (χ0v) is 19.0. The second kappa shape index (κ2) is 8.53. The van der Waals surface area contributed by atoms with Crippen molar-refractivity contribution in [3.63, 3.8) is 0 Å². The molecule has 6 nitrogen and oxygen atoms in total. The summed E-state index contributed by atoms with van der Waals surface area (Å²) in [7, 11) is 0. The number of imidazole rings is 1. The Kier molecular flexibility index (Phi) is 5.63. The fourth-order valence-electron chi connectivity index (χ4n) is 4.03. The van der Waals surface area contributed by atoms with Crippen LogP contribution in [-0.2, 0) is 6.18 Å². The van der Waals surface area contributed by atoms with Crippen LogP contribution in [-0.4, -0.2) is 38.3 Å². The van der Waals surface area contributed by atoms with E-state index in [9.17, 15) is 22.4 Å². The van der Waals surface area contributed by atoms with Gasteiger partial charge in [-0.15, -0.1) is 0 Å². The van der Waals surface area contributed by atoms with E-state index in [-0.39, 0.29) is 35.2 Å². The number of pyridine rings is 2. The van der Waals surface area contributed by atoms with Gasteiger partial charge >= 0.3 is 6.18 Å². The van der Waals surface area contributed by atoms with Crippen molar-refractivity contribution in [3.8, 4) is 11.1 Å². The molecule has 11 heteroatoms. The molecule has 0 radical (unpaired) electrons. The number of nitrogens with zero attached hydrogens (tertiary/aromatic N) is 4. The topological polar surface area (TPSA) is 63.6 Å². The van der Waals surface area contributed by atoms with Gasteiger partial charge in [-0.1, -0.05) is 17.7 Å². The zero-order valence-electron chi connectivity index (χ0n) is 18.2. The minimum atomic E-state index is -4.73. The van der Waals surface area contributed by atoms with Gasteiger partial charge in [0.2, 0.25) is 0 Å². The molecule has 5 heterocycles. The number of alkyl halides is 3. The normalized spacial score (nSPS) is 14.5. The third-order valence-corrected chi connectivity index (χ3v) is 6.17. The van der Waals surface area contributed by atoms with Crippen molar-refractivity contribution in [1.29, 1.82) is 0 Å². The number of hydrogen-bond donors (Lipinski definition) is 0. The molecule has 0 aliphatic carbocycles. The Morgan fingerprint density at radius 2 is 1.97 bits per heavy atom. The van der Waals surface area contributed by atoms with Crippen LogP contribution < -0.4 is 0 Å². The Balaban J connectivity index is 1.51. The summed E-state index contributed by atoms with van der Waals surface area (Å²) in [6, 6.07) is 5.36. The maximum Gasteiger partial charge on any atom is 0.420 e. The van der Waals surface area contributed by atoms with Gasteiger partial charge < -0.3 is 9.32 Å². The molecular formula is C24H17ClF4N4O2. The molecular weight excluding hydrogens is 488 g/mol. The van der Waals surface area contributed by atoms with E-state index in [1.807, 2.05) is 0 Å². The van der Waals surface area contributed by atoms with Crippen LogP contribution in [0.25, 0.3) is 22.3 Å². The van der Waals surface area contributed by atoms with Crippen molar-refractivity contribution in [2.45, 2.75) is 19.5 Å². The predicted octanol–water partition coefficient (Wildman–Crippen LogP) is 6.04. The summed E-state index contributed by atoms with van der Waals surface area (Å²) in [5, 5.41) is -0.234. The van der Waals surface area contributed by atoms with Crippen molar-refractivity contribution >= 4 is 28.7 Å². The van der Waals surface area contributed by atoms with Crippen LogP contribution in [0, 0.1) is 12.7 Å². The maximum absolute atomic E-state index is 14.2. The fraction of sp³-hybridized carbons (Fsp3) is 0.208. The lowest BCUT2D eigenvalue weighted by Crippen LogP contribution is -2.35. The Morgan fingerprint density at radius 1 is 1.17 bits per heavy atom. The highest BCUT2D eigenvalue weighted by molar-refractivity contribution is 6.33. The number of rotatable bonds is 3. The molecule has 0 bridgehead atoms. The van der Waals surface area contributed by atoms with E-state index in [4.69, 9.17) is 16.0 Å². The second-order valence-corrected chi connectivity index (χ2v) is 8.47. The summed E-state index contributed by atoms with van der Waals surface area (Å²) >= 11 is 6.38. The van der Waals surface area contributed by atoms with Crippen molar-refractivity contribution in [3.05, 3.63) is 82.7 Å². The first-order chi connectivity index (χ1) is 16.6. The summed E-state index contributed by atoms with van der Waals surface area (Å²) in [6.07, 6.45) is 1.29. The highest BCUT2D eigenvalue weighted by Gasteiger charge is 2.36. The minimum Gasteiger partial charge on any atom is -0.472 e. The highest BCUT2D eigenvalue weighted by atomic mass is 35.5. The summed E-state index contributed by atoms with van der Waals surface area (Å²) < 4.78 is 61.8. The van der Waals surface area contributed by atoms with E-state index < -0.39 is 29.1 Å². The summed E-state index contributed by atoms with van der Waals surface area (Å²) in [4.78, 5) is 22.8. The number of halogens is 5. The number of aromatic nitrogens is 3. The van der Waals surface area contributed by atoms with Crippen molar-refractivity contribution < 1.29 is 26.8 Å². The Morgan fingerprint density at radius 3 is 2.63 bits per heavy atom. The highest BCUT2D eigenvalue weighted by Crippen LogP contribution is 2.37. The molecule has 4 aromatic rings. The number of hydrogen-bond acceptors (Lipinski definition) is 4. The van der Waals surface area contributed by atoms with Gasteiger partial charge in [0.1, 0.15) is 16.7 Å². The number of fused-ring (bicyclic) bond motifs is 1. The van der Waals surface area contributed by atoms with E-state index in [2.05, 4.69) is 9.97 Å². The van der Waals surface area contributed by atoms with Gasteiger partial charge in [-0.3, -0.25) is 14.2 Å². The first-order valence-corrected chi connectivity index (χ1v) is 10.9. The van der Waals surface area contributed by atoms with Gasteiger partial charge in [0.15, 0.2) is 11.3 Å². The summed E-state index contributed by atoms with van der Waals surface area (Å²) in [6.45, 7) is 2.07. The first kappa shape index (κ1) is 23.1. The summed E-state index contributed by atoms with van der Waals surface area (Å²) in [5.74, 6) is -1.08. The van der Waals surface area contributed by atoms with E-state index in [0.717, 1.165) is 10.5 Å². The average molecular weight is 505 g/mol. The SMILES string of the molecule is Cc1ccc(F)c(C2=CCN(C(=O)c3nc4c(C(F)(F)F)cc(-c5ccoc5)cn4c3Cl)CC2)n1. The van der Waals surface area contributed by atoms with Gasteiger partial charge in [-0.2, -0.15) is 13.2 Å². The monoisotopic (exact) mass is 504 g/mol. The molecule has 35 heavy (non-hydrogen) atoms. The molecule has 1 aliphatic rings. The van der Waals surface area contributed by atoms with E-state index in [0.29, 0.717) is 23.3 Å². The molecule has 0 saturated heterocycles. The van der Waals surface area contributed by atoms with Gasteiger partial charge in [-0.25, -0.2) is 9.37 Å². The minimum absolute atomic E-state index is 0.111.